The van der Waals surface area contributed by atoms with E-state index in [0.717, 1.165) is 25.9 Å². The lowest BCUT2D eigenvalue weighted by Crippen LogP contribution is -2.39. The van der Waals surface area contributed by atoms with Crippen molar-refractivity contribution in [1.82, 2.24) is 29.3 Å². The van der Waals surface area contributed by atoms with Crippen molar-refractivity contribution in [3.8, 4) is 0 Å². The van der Waals surface area contributed by atoms with Gasteiger partial charge in [-0.2, -0.15) is 13.2 Å². The summed E-state index contributed by atoms with van der Waals surface area (Å²) in [6.07, 6.45) is 1.17. The maximum Gasteiger partial charge on any atom is 0.449 e. The Morgan fingerprint density at radius 1 is 1.11 bits per heavy atom. The van der Waals surface area contributed by atoms with Gasteiger partial charge in [0.05, 0.1) is 23.5 Å². The first-order valence-electron chi connectivity index (χ1n) is 9.24. The molecule has 1 saturated heterocycles. The molecule has 1 amide bonds. The molecule has 2 aliphatic heterocycles. The van der Waals surface area contributed by atoms with Gasteiger partial charge in [0.15, 0.2) is 0 Å². The zero-order chi connectivity index (χ0) is 19.9. The number of imidazole rings is 1. The summed E-state index contributed by atoms with van der Waals surface area (Å²) in [5.74, 6) is -1.16. The van der Waals surface area contributed by atoms with Crippen LogP contribution < -0.4 is 0 Å². The van der Waals surface area contributed by atoms with Gasteiger partial charge in [0.2, 0.25) is 5.82 Å². The number of nitrogens with zero attached hydrogens (tertiary/aromatic N) is 6. The molecule has 0 spiro atoms. The summed E-state index contributed by atoms with van der Waals surface area (Å²) in [4.78, 5) is 28.2. The van der Waals surface area contributed by atoms with Crippen LogP contribution in [-0.4, -0.2) is 61.9 Å². The number of alkyl halides is 3. The van der Waals surface area contributed by atoms with Crippen LogP contribution in [0.5, 0.6) is 0 Å². The molecule has 0 aromatic carbocycles. The van der Waals surface area contributed by atoms with E-state index in [0.29, 0.717) is 17.0 Å². The summed E-state index contributed by atoms with van der Waals surface area (Å²) in [5, 5.41) is 0. The summed E-state index contributed by atoms with van der Waals surface area (Å²) in [6.45, 7) is 2.01. The summed E-state index contributed by atoms with van der Waals surface area (Å²) >= 11 is 0. The molecular formula is C18H21F3N6O. The number of fused-ring (bicyclic) bond motifs is 1. The number of halogens is 3. The van der Waals surface area contributed by atoms with Gasteiger partial charge in [-0.1, -0.05) is 0 Å². The molecule has 150 valence electrons. The SMILES string of the molecule is CN1CCC(c2nc(C(F)(F)F)n3c2CN(C(=O)c2cncnc2)CC3)CC1. The maximum atomic E-state index is 13.6. The van der Waals surface area contributed by atoms with Gasteiger partial charge >= 0.3 is 6.18 Å². The quantitative estimate of drug-likeness (QED) is 0.781. The Hall–Kier alpha value is -2.49. The van der Waals surface area contributed by atoms with E-state index >= 15 is 0 Å². The molecule has 4 heterocycles. The van der Waals surface area contributed by atoms with Crippen molar-refractivity contribution in [2.75, 3.05) is 26.7 Å². The normalized spacial score (nSPS) is 18.9. The molecule has 1 fully saturated rings. The fraction of sp³-hybridized carbons (Fsp3) is 0.556. The summed E-state index contributed by atoms with van der Waals surface area (Å²) < 4.78 is 41.9. The molecule has 0 bridgehead atoms. The third-order valence-electron chi connectivity index (χ3n) is 5.49. The second-order valence-electron chi connectivity index (χ2n) is 7.35. The van der Waals surface area contributed by atoms with Gasteiger partial charge in [-0.25, -0.2) is 15.0 Å². The lowest BCUT2D eigenvalue weighted by Gasteiger charge is -2.32. The molecule has 0 aliphatic carbocycles. The zero-order valence-electron chi connectivity index (χ0n) is 15.5. The maximum absolute atomic E-state index is 13.6. The predicted octanol–water partition coefficient (Wildman–Crippen LogP) is 2.16. The van der Waals surface area contributed by atoms with Gasteiger partial charge in [-0.15, -0.1) is 0 Å². The third kappa shape index (κ3) is 3.48. The Labute approximate surface area is 160 Å². The second kappa shape index (κ2) is 7.16. The van der Waals surface area contributed by atoms with E-state index in [9.17, 15) is 18.0 Å². The molecule has 0 atom stereocenters. The molecule has 0 saturated carbocycles. The molecule has 2 aliphatic rings. The van der Waals surface area contributed by atoms with Gasteiger partial charge < -0.3 is 14.4 Å². The number of aromatic nitrogens is 4. The number of hydrogen-bond donors (Lipinski definition) is 0. The fourth-order valence-corrected chi connectivity index (χ4v) is 3.98. The van der Waals surface area contributed by atoms with Gasteiger partial charge in [0, 0.05) is 31.4 Å². The van der Waals surface area contributed by atoms with Gasteiger partial charge in [-0.05, 0) is 33.0 Å². The highest BCUT2D eigenvalue weighted by Crippen LogP contribution is 2.37. The average molecular weight is 394 g/mol. The largest absolute Gasteiger partial charge is 0.449 e. The minimum atomic E-state index is -4.52. The first-order chi connectivity index (χ1) is 13.3. The van der Waals surface area contributed by atoms with Crippen LogP contribution in [-0.2, 0) is 19.3 Å². The molecule has 28 heavy (non-hydrogen) atoms. The van der Waals surface area contributed by atoms with E-state index in [1.807, 2.05) is 7.05 Å². The van der Waals surface area contributed by atoms with E-state index in [-0.39, 0.29) is 31.5 Å². The van der Waals surface area contributed by atoms with Crippen LogP contribution in [0, 0.1) is 0 Å². The number of likely N-dealkylation sites (tertiary alicyclic amines) is 1. The minimum Gasteiger partial charge on any atom is -0.331 e. The number of amides is 1. The van der Waals surface area contributed by atoms with Crippen LogP contribution >= 0.6 is 0 Å². The summed E-state index contributed by atoms with van der Waals surface area (Å²) in [5.41, 5.74) is 1.31. The zero-order valence-corrected chi connectivity index (χ0v) is 15.5. The number of carbonyl (C=O) groups is 1. The van der Waals surface area contributed by atoms with E-state index in [4.69, 9.17) is 0 Å². The monoisotopic (exact) mass is 394 g/mol. The molecule has 10 heteroatoms. The topological polar surface area (TPSA) is 67.2 Å². The average Bonchev–Trinajstić information content (AvgIpc) is 3.08. The molecule has 0 unspecified atom stereocenters. The highest BCUT2D eigenvalue weighted by Gasteiger charge is 2.42. The van der Waals surface area contributed by atoms with Crippen LogP contribution in [0.3, 0.4) is 0 Å². The first-order valence-corrected chi connectivity index (χ1v) is 9.24. The molecule has 2 aromatic rings. The van der Waals surface area contributed by atoms with Crippen LogP contribution in [0.15, 0.2) is 18.7 Å². The number of carbonyl (C=O) groups excluding carboxylic acids is 1. The molecule has 2 aromatic heterocycles. The van der Waals surface area contributed by atoms with Gasteiger partial charge in [0.25, 0.3) is 5.91 Å². The molecule has 7 nitrogen and oxygen atoms in total. The summed E-state index contributed by atoms with van der Waals surface area (Å²) in [6, 6.07) is 0. The Balaban J connectivity index is 1.67. The number of piperidine rings is 1. The van der Waals surface area contributed by atoms with E-state index in [1.54, 1.807) is 4.90 Å². The highest BCUT2D eigenvalue weighted by molar-refractivity contribution is 5.93. The molecular weight excluding hydrogens is 373 g/mol. The lowest BCUT2D eigenvalue weighted by atomic mass is 9.92. The minimum absolute atomic E-state index is 0.0244. The van der Waals surface area contributed by atoms with Crippen LogP contribution in [0.1, 0.15) is 46.3 Å². The number of hydrogen-bond acceptors (Lipinski definition) is 5. The van der Waals surface area contributed by atoms with Crippen LogP contribution in [0.2, 0.25) is 0 Å². The third-order valence-corrected chi connectivity index (χ3v) is 5.49. The highest BCUT2D eigenvalue weighted by atomic mass is 19.4. The van der Waals surface area contributed by atoms with Crippen molar-refractivity contribution in [3.05, 3.63) is 41.5 Å². The number of rotatable bonds is 2. The standard InChI is InChI=1S/C18H21F3N6O/c1-25-4-2-12(3-5-25)15-14-10-26(16(28)13-8-22-11-23-9-13)6-7-27(14)17(24-15)18(19,20)21/h8-9,11-12H,2-7,10H2,1H3. The van der Waals surface area contributed by atoms with Crippen molar-refractivity contribution >= 4 is 5.91 Å². The smallest absolute Gasteiger partial charge is 0.331 e. The summed E-state index contributed by atoms with van der Waals surface area (Å²) in [7, 11) is 2.00. The Bertz CT molecular complexity index is 858. The van der Waals surface area contributed by atoms with Crippen LogP contribution in [0.4, 0.5) is 13.2 Å². The van der Waals surface area contributed by atoms with Crippen LogP contribution in [0.25, 0.3) is 0 Å². The Morgan fingerprint density at radius 2 is 1.79 bits per heavy atom. The first kappa shape index (κ1) is 18.9. The van der Waals surface area contributed by atoms with Crippen molar-refractivity contribution in [2.24, 2.45) is 0 Å². The Morgan fingerprint density at radius 3 is 2.43 bits per heavy atom. The van der Waals surface area contributed by atoms with Crippen molar-refractivity contribution < 1.29 is 18.0 Å². The predicted molar refractivity (Wildman–Crippen MR) is 93.5 cm³/mol. The van der Waals surface area contributed by atoms with Gasteiger partial charge in [0.1, 0.15) is 6.33 Å². The molecule has 0 N–H and O–H groups in total. The molecule has 4 rings (SSSR count). The van der Waals surface area contributed by atoms with Crippen molar-refractivity contribution in [2.45, 2.75) is 38.0 Å². The van der Waals surface area contributed by atoms with Crippen molar-refractivity contribution in [3.63, 3.8) is 0 Å². The fourth-order valence-electron chi connectivity index (χ4n) is 3.98. The lowest BCUT2D eigenvalue weighted by molar-refractivity contribution is -0.147. The van der Waals surface area contributed by atoms with E-state index in [1.165, 1.54) is 23.3 Å². The molecule has 0 radical (unpaired) electrons. The van der Waals surface area contributed by atoms with Gasteiger partial charge in [-0.3, -0.25) is 4.79 Å². The second-order valence-corrected chi connectivity index (χ2v) is 7.35. The van der Waals surface area contributed by atoms with E-state index < -0.39 is 12.0 Å². The van der Waals surface area contributed by atoms with E-state index in [2.05, 4.69) is 19.9 Å². The van der Waals surface area contributed by atoms with Crippen molar-refractivity contribution in [1.29, 1.82) is 0 Å². The Kier molecular flexibility index (Phi) is 4.82.